The fourth-order valence-electron chi connectivity index (χ4n) is 1.06. The second kappa shape index (κ2) is 5.14. The Kier molecular flexibility index (Phi) is 4.12. The lowest BCUT2D eigenvalue weighted by Crippen LogP contribution is -2.06. The van der Waals surface area contributed by atoms with Crippen molar-refractivity contribution in [3.05, 3.63) is 33.3 Å². The van der Waals surface area contributed by atoms with Crippen molar-refractivity contribution in [3.63, 3.8) is 0 Å². The molecule has 0 spiro atoms. The monoisotopic (exact) mass is 246 g/mol. The Hall–Kier alpha value is -1.06. The molecule has 5 heteroatoms. The Balaban J connectivity index is 3.19. The van der Waals surface area contributed by atoms with E-state index in [2.05, 4.69) is 0 Å². The van der Waals surface area contributed by atoms with Crippen molar-refractivity contribution in [2.75, 3.05) is 6.61 Å². The molecule has 80 valence electrons. The Morgan fingerprint density at radius 2 is 1.93 bits per heavy atom. The molecule has 0 radical (unpaired) electrons. The number of hydrogen-bond acceptors (Lipinski definition) is 3. The zero-order valence-corrected chi connectivity index (χ0v) is 9.43. The summed E-state index contributed by atoms with van der Waals surface area (Å²) in [6, 6.07) is 2.74. The highest BCUT2D eigenvalue weighted by atomic mass is 35.5. The van der Waals surface area contributed by atoms with Crippen LogP contribution in [0.5, 0.6) is 0 Å². The van der Waals surface area contributed by atoms with Gasteiger partial charge in [-0.05, 0) is 19.1 Å². The fourth-order valence-corrected chi connectivity index (χ4v) is 1.72. The van der Waals surface area contributed by atoms with Crippen LogP contribution < -0.4 is 0 Å². The molecule has 0 aliphatic rings. The first-order valence-electron chi connectivity index (χ1n) is 4.21. The van der Waals surface area contributed by atoms with Crippen LogP contribution in [0.1, 0.15) is 27.6 Å². The summed E-state index contributed by atoms with van der Waals surface area (Å²) in [5.74, 6) is -0.593. The van der Waals surface area contributed by atoms with Gasteiger partial charge in [-0.15, -0.1) is 0 Å². The molecule has 0 aliphatic heterocycles. The lowest BCUT2D eigenvalue weighted by molar-refractivity contribution is 0.0526. The highest BCUT2D eigenvalue weighted by Gasteiger charge is 2.16. The van der Waals surface area contributed by atoms with E-state index in [9.17, 15) is 9.59 Å². The topological polar surface area (TPSA) is 43.4 Å². The maximum Gasteiger partial charge on any atom is 0.341 e. The number of benzene rings is 1. The van der Waals surface area contributed by atoms with E-state index in [0.717, 1.165) is 0 Å². The van der Waals surface area contributed by atoms with Crippen molar-refractivity contribution < 1.29 is 14.3 Å². The number of carbonyl (C=O) groups is 2. The number of carbonyl (C=O) groups excluding carboxylic acids is 2. The predicted octanol–water partition coefficient (Wildman–Crippen LogP) is 2.98. The lowest BCUT2D eigenvalue weighted by atomic mass is 10.1. The van der Waals surface area contributed by atoms with Crippen LogP contribution in [0.15, 0.2) is 12.1 Å². The van der Waals surface area contributed by atoms with Gasteiger partial charge in [0.05, 0.1) is 22.2 Å². The molecule has 0 heterocycles. The smallest absolute Gasteiger partial charge is 0.341 e. The van der Waals surface area contributed by atoms with Gasteiger partial charge in [0.25, 0.3) is 0 Å². The van der Waals surface area contributed by atoms with Gasteiger partial charge in [-0.1, -0.05) is 23.2 Å². The summed E-state index contributed by atoms with van der Waals surface area (Å²) in [5.41, 5.74) is 0.406. The van der Waals surface area contributed by atoms with E-state index in [4.69, 9.17) is 27.9 Å². The van der Waals surface area contributed by atoms with Crippen LogP contribution in [0.3, 0.4) is 0 Å². The maximum atomic E-state index is 11.4. The SMILES string of the molecule is CCOC(=O)c1c(Cl)cc(C=O)cc1Cl. The molecule has 15 heavy (non-hydrogen) atoms. The summed E-state index contributed by atoms with van der Waals surface area (Å²) >= 11 is 11.6. The first-order chi connectivity index (χ1) is 7.10. The number of aldehydes is 1. The molecule has 0 saturated carbocycles. The van der Waals surface area contributed by atoms with E-state index in [1.54, 1.807) is 6.92 Å². The summed E-state index contributed by atoms with van der Waals surface area (Å²) < 4.78 is 4.77. The third kappa shape index (κ3) is 2.70. The summed E-state index contributed by atoms with van der Waals surface area (Å²) in [6.45, 7) is 1.92. The number of halogens is 2. The third-order valence-corrected chi connectivity index (χ3v) is 2.28. The minimum Gasteiger partial charge on any atom is -0.462 e. The molecule has 0 saturated heterocycles. The second-order valence-electron chi connectivity index (χ2n) is 2.70. The van der Waals surface area contributed by atoms with Gasteiger partial charge < -0.3 is 4.74 Å². The molecule has 0 unspecified atom stereocenters. The molecule has 0 aromatic heterocycles. The molecule has 1 aromatic rings. The Bertz CT molecular complexity index is 379. The zero-order chi connectivity index (χ0) is 11.4. The van der Waals surface area contributed by atoms with Crippen LogP contribution >= 0.6 is 23.2 Å². The predicted molar refractivity (Wildman–Crippen MR) is 57.8 cm³/mol. The van der Waals surface area contributed by atoms with Crippen molar-refractivity contribution in [3.8, 4) is 0 Å². The van der Waals surface area contributed by atoms with Gasteiger partial charge in [0.2, 0.25) is 0 Å². The molecule has 1 rings (SSSR count). The average molecular weight is 247 g/mol. The summed E-state index contributed by atoms with van der Waals surface area (Å²) in [5, 5.41) is 0.228. The van der Waals surface area contributed by atoms with Crippen molar-refractivity contribution in [2.45, 2.75) is 6.92 Å². The largest absolute Gasteiger partial charge is 0.462 e. The molecule has 0 atom stereocenters. The van der Waals surface area contributed by atoms with E-state index in [-0.39, 0.29) is 22.2 Å². The minimum atomic E-state index is -0.593. The molecule has 1 aromatic carbocycles. The molecule has 3 nitrogen and oxygen atoms in total. The summed E-state index contributed by atoms with van der Waals surface area (Å²) in [4.78, 5) is 21.9. The standard InChI is InChI=1S/C10H8Cl2O3/c1-2-15-10(14)9-7(11)3-6(5-13)4-8(9)12/h3-5H,2H2,1H3. The van der Waals surface area contributed by atoms with Crippen LogP contribution in [0, 0.1) is 0 Å². The zero-order valence-electron chi connectivity index (χ0n) is 7.92. The highest BCUT2D eigenvalue weighted by Crippen LogP contribution is 2.26. The van der Waals surface area contributed by atoms with Crippen LogP contribution in [-0.4, -0.2) is 18.9 Å². The van der Waals surface area contributed by atoms with E-state index in [1.165, 1.54) is 12.1 Å². The second-order valence-corrected chi connectivity index (χ2v) is 3.51. The Labute approximate surface area is 96.9 Å². The Morgan fingerprint density at radius 1 is 1.40 bits per heavy atom. The van der Waals surface area contributed by atoms with E-state index in [1.807, 2.05) is 0 Å². The number of ether oxygens (including phenoxy) is 1. The van der Waals surface area contributed by atoms with E-state index in [0.29, 0.717) is 11.8 Å². The van der Waals surface area contributed by atoms with Gasteiger partial charge in [0.15, 0.2) is 0 Å². The molecular formula is C10H8Cl2O3. The number of rotatable bonds is 3. The van der Waals surface area contributed by atoms with Gasteiger partial charge in [-0.2, -0.15) is 0 Å². The van der Waals surface area contributed by atoms with Crippen LogP contribution in [-0.2, 0) is 4.74 Å². The fraction of sp³-hybridized carbons (Fsp3) is 0.200. The molecule has 0 N–H and O–H groups in total. The highest BCUT2D eigenvalue weighted by molar-refractivity contribution is 6.39. The van der Waals surface area contributed by atoms with Gasteiger partial charge in [-0.25, -0.2) is 4.79 Å². The van der Waals surface area contributed by atoms with Gasteiger partial charge in [0, 0.05) is 5.56 Å². The summed E-state index contributed by atoms with van der Waals surface area (Å²) in [6.07, 6.45) is 0.604. The number of esters is 1. The minimum absolute atomic E-state index is 0.0887. The molecular weight excluding hydrogens is 239 g/mol. The quantitative estimate of drug-likeness (QED) is 0.609. The van der Waals surface area contributed by atoms with Crippen molar-refractivity contribution in [1.29, 1.82) is 0 Å². The van der Waals surface area contributed by atoms with Gasteiger partial charge in [-0.3, -0.25) is 4.79 Å². The van der Waals surface area contributed by atoms with Crippen molar-refractivity contribution >= 4 is 35.5 Å². The first kappa shape index (κ1) is 12.0. The van der Waals surface area contributed by atoms with Crippen molar-refractivity contribution in [1.82, 2.24) is 0 Å². The van der Waals surface area contributed by atoms with Gasteiger partial charge >= 0.3 is 5.97 Å². The lowest BCUT2D eigenvalue weighted by Gasteiger charge is -2.06. The molecule has 0 aliphatic carbocycles. The van der Waals surface area contributed by atoms with Crippen LogP contribution in [0.2, 0.25) is 10.0 Å². The van der Waals surface area contributed by atoms with Crippen LogP contribution in [0.4, 0.5) is 0 Å². The van der Waals surface area contributed by atoms with Crippen molar-refractivity contribution in [2.24, 2.45) is 0 Å². The molecule has 0 amide bonds. The Morgan fingerprint density at radius 3 is 2.33 bits per heavy atom. The van der Waals surface area contributed by atoms with Gasteiger partial charge in [0.1, 0.15) is 6.29 Å². The first-order valence-corrected chi connectivity index (χ1v) is 4.97. The molecule has 0 bridgehead atoms. The van der Waals surface area contributed by atoms with Crippen LogP contribution in [0.25, 0.3) is 0 Å². The normalized spacial score (nSPS) is 9.80. The summed E-state index contributed by atoms with van der Waals surface area (Å²) in [7, 11) is 0. The third-order valence-electron chi connectivity index (χ3n) is 1.68. The van der Waals surface area contributed by atoms with E-state index >= 15 is 0 Å². The maximum absolute atomic E-state index is 11.4. The molecule has 0 fully saturated rings. The van der Waals surface area contributed by atoms with E-state index < -0.39 is 5.97 Å². The average Bonchev–Trinajstić information content (AvgIpc) is 2.16. The number of hydrogen-bond donors (Lipinski definition) is 0.